The van der Waals surface area contributed by atoms with Crippen molar-refractivity contribution < 1.29 is 14.4 Å². The van der Waals surface area contributed by atoms with Crippen molar-refractivity contribution in [1.29, 1.82) is 0 Å². The number of hydrogen-bond acceptors (Lipinski definition) is 5. The Labute approximate surface area is 137 Å². The second-order valence-electron chi connectivity index (χ2n) is 5.25. The van der Waals surface area contributed by atoms with Crippen molar-refractivity contribution >= 4 is 29.8 Å². The molecule has 2 heterocycles. The molecular weight excluding hydrogens is 331 g/mol. The Morgan fingerprint density at radius 2 is 1.83 bits per heavy atom. The highest BCUT2D eigenvalue weighted by Gasteiger charge is 2.16. The maximum atomic E-state index is 11.7. The molecule has 0 radical (unpaired) electrons. The number of anilines is 1. The Hall–Kier alpha value is -2.54. The number of benzene rings is 1. The van der Waals surface area contributed by atoms with Crippen LogP contribution in [0, 0.1) is 0 Å². The third-order valence-corrected chi connectivity index (χ3v) is 4.61. The Morgan fingerprint density at radius 3 is 2.50 bits per heavy atom. The summed E-state index contributed by atoms with van der Waals surface area (Å²) in [5.41, 5.74) is 1.21. The lowest BCUT2D eigenvalue weighted by atomic mass is 10.2. The van der Waals surface area contributed by atoms with Gasteiger partial charge in [0.15, 0.2) is 0 Å². The Balaban J connectivity index is 1.85. The smallest absolute Gasteiger partial charge is 0.356 e. The van der Waals surface area contributed by atoms with Gasteiger partial charge in [-0.25, -0.2) is 9.97 Å². The third-order valence-electron chi connectivity index (χ3n) is 3.64. The van der Waals surface area contributed by atoms with Crippen molar-refractivity contribution in [3.63, 3.8) is 0 Å². The van der Waals surface area contributed by atoms with Gasteiger partial charge in [0, 0.05) is 19.7 Å². The molecule has 0 atom stereocenters. The fourth-order valence-electron chi connectivity index (χ4n) is 2.31. The van der Waals surface area contributed by atoms with Crippen molar-refractivity contribution in [3.05, 3.63) is 58.6 Å². The van der Waals surface area contributed by atoms with E-state index >= 15 is 0 Å². The van der Waals surface area contributed by atoms with Gasteiger partial charge >= 0.3 is 7.60 Å². The number of aryl methyl sites for hydroxylation is 1. The molecule has 0 fully saturated rings. The molecule has 124 valence electrons. The van der Waals surface area contributed by atoms with Gasteiger partial charge in [-0.15, -0.1) is 0 Å². The van der Waals surface area contributed by atoms with Crippen LogP contribution in [0.5, 0.6) is 0 Å². The molecule has 0 unspecified atom stereocenters. The van der Waals surface area contributed by atoms with Gasteiger partial charge in [-0.05, 0) is 23.8 Å². The fourth-order valence-corrected chi connectivity index (χ4v) is 2.85. The number of nitrogens with one attached hydrogen (secondary N) is 1. The summed E-state index contributed by atoms with van der Waals surface area (Å²) < 4.78 is 12.6. The van der Waals surface area contributed by atoms with E-state index in [1.165, 1.54) is 29.1 Å². The zero-order chi connectivity index (χ0) is 17.3. The summed E-state index contributed by atoms with van der Waals surface area (Å²) in [6.07, 6.45) is 1.38. The molecule has 0 bridgehead atoms. The van der Waals surface area contributed by atoms with Crippen LogP contribution < -0.4 is 16.2 Å². The minimum Gasteiger partial charge on any atom is -0.365 e. The first-order valence-electron chi connectivity index (χ1n) is 7.06. The molecule has 0 spiro atoms. The molecule has 3 N–H and O–H groups in total. The van der Waals surface area contributed by atoms with Gasteiger partial charge in [0.2, 0.25) is 0 Å². The predicted molar refractivity (Wildman–Crippen MR) is 90.2 cm³/mol. The SMILES string of the molecule is Cn1c(=O)ccc2c(NCc3ccc(P(=O)(O)O)cc3)ncnc21. The first-order chi connectivity index (χ1) is 11.4. The fraction of sp³-hybridized carbons (Fsp3) is 0.133. The summed E-state index contributed by atoms with van der Waals surface area (Å²) in [6.45, 7) is 0.413. The first kappa shape index (κ1) is 16.3. The van der Waals surface area contributed by atoms with Crippen molar-refractivity contribution in [2.24, 2.45) is 7.05 Å². The standard InChI is InChI=1S/C15H15N4O4P/c1-19-13(20)7-6-12-14(17-9-18-15(12)19)16-8-10-2-4-11(5-3-10)24(21,22)23/h2-7,9H,8H2,1H3,(H,16,17,18)(H2,21,22,23). The number of nitrogens with zero attached hydrogens (tertiary/aromatic N) is 3. The van der Waals surface area contributed by atoms with Gasteiger partial charge in [0.05, 0.1) is 10.7 Å². The van der Waals surface area contributed by atoms with E-state index in [0.717, 1.165) is 5.56 Å². The molecule has 0 aliphatic carbocycles. The lowest BCUT2D eigenvalue weighted by Gasteiger charge is -2.10. The van der Waals surface area contributed by atoms with E-state index in [4.69, 9.17) is 9.79 Å². The molecule has 3 rings (SSSR count). The lowest BCUT2D eigenvalue weighted by Crippen LogP contribution is -2.17. The van der Waals surface area contributed by atoms with Crippen molar-refractivity contribution in [3.8, 4) is 0 Å². The minimum atomic E-state index is -4.23. The zero-order valence-electron chi connectivity index (χ0n) is 12.7. The van der Waals surface area contributed by atoms with Crippen LogP contribution in [0.1, 0.15) is 5.56 Å². The Kier molecular flexibility index (Phi) is 4.19. The summed E-state index contributed by atoms with van der Waals surface area (Å²) in [4.78, 5) is 38.2. The van der Waals surface area contributed by atoms with Crippen LogP contribution in [0.25, 0.3) is 11.0 Å². The van der Waals surface area contributed by atoms with Crippen molar-refractivity contribution in [2.45, 2.75) is 6.54 Å². The zero-order valence-corrected chi connectivity index (χ0v) is 13.6. The van der Waals surface area contributed by atoms with Crippen LogP contribution >= 0.6 is 7.60 Å². The quantitative estimate of drug-likeness (QED) is 0.597. The topological polar surface area (TPSA) is 117 Å². The molecule has 8 nitrogen and oxygen atoms in total. The van der Waals surface area contributed by atoms with Gasteiger partial charge in [-0.2, -0.15) is 0 Å². The molecular formula is C15H15N4O4P. The number of pyridine rings is 1. The number of fused-ring (bicyclic) bond motifs is 1. The number of rotatable bonds is 4. The van der Waals surface area contributed by atoms with E-state index in [1.54, 1.807) is 25.2 Å². The van der Waals surface area contributed by atoms with Crippen LogP contribution in [0.15, 0.2) is 47.5 Å². The molecule has 0 aliphatic rings. The summed E-state index contributed by atoms with van der Waals surface area (Å²) in [7, 11) is -2.59. The Morgan fingerprint density at radius 1 is 1.12 bits per heavy atom. The molecule has 0 saturated heterocycles. The summed E-state index contributed by atoms with van der Waals surface area (Å²) >= 11 is 0. The second-order valence-corrected chi connectivity index (χ2v) is 6.86. The second kappa shape index (κ2) is 6.16. The van der Waals surface area contributed by atoms with E-state index in [9.17, 15) is 9.36 Å². The summed E-state index contributed by atoms with van der Waals surface area (Å²) in [5.74, 6) is 0.578. The van der Waals surface area contributed by atoms with E-state index in [-0.39, 0.29) is 10.9 Å². The van der Waals surface area contributed by atoms with Gasteiger partial charge in [0.25, 0.3) is 5.56 Å². The largest absolute Gasteiger partial charge is 0.365 e. The van der Waals surface area contributed by atoms with Crippen molar-refractivity contribution in [1.82, 2.24) is 14.5 Å². The maximum absolute atomic E-state index is 11.7. The highest BCUT2D eigenvalue weighted by molar-refractivity contribution is 7.60. The summed E-state index contributed by atoms with van der Waals surface area (Å²) in [5, 5.41) is 3.84. The molecule has 0 saturated carbocycles. The van der Waals surface area contributed by atoms with E-state index in [2.05, 4.69) is 15.3 Å². The third kappa shape index (κ3) is 3.21. The average molecular weight is 346 g/mol. The van der Waals surface area contributed by atoms with Crippen LogP contribution in [-0.4, -0.2) is 24.3 Å². The Bertz CT molecular complexity index is 995. The molecule has 0 aliphatic heterocycles. The highest BCUT2D eigenvalue weighted by Crippen LogP contribution is 2.32. The molecule has 9 heteroatoms. The average Bonchev–Trinajstić information content (AvgIpc) is 2.56. The maximum Gasteiger partial charge on any atom is 0.356 e. The van der Waals surface area contributed by atoms with Crippen molar-refractivity contribution in [2.75, 3.05) is 5.32 Å². The summed E-state index contributed by atoms with van der Waals surface area (Å²) in [6, 6.07) is 9.20. The minimum absolute atomic E-state index is 0.0197. The lowest BCUT2D eigenvalue weighted by molar-refractivity contribution is 0.387. The van der Waals surface area contributed by atoms with Crippen LogP contribution in [-0.2, 0) is 18.2 Å². The number of aromatic nitrogens is 3. The van der Waals surface area contributed by atoms with E-state index in [1.807, 2.05) is 0 Å². The molecule has 2 aromatic heterocycles. The van der Waals surface area contributed by atoms with Gasteiger partial charge in [0.1, 0.15) is 17.8 Å². The van der Waals surface area contributed by atoms with Crippen LogP contribution in [0.2, 0.25) is 0 Å². The van der Waals surface area contributed by atoms with Crippen LogP contribution in [0.3, 0.4) is 0 Å². The number of hydrogen-bond donors (Lipinski definition) is 3. The van der Waals surface area contributed by atoms with E-state index < -0.39 is 7.60 Å². The van der Waals surface area contributed by atoms with Crippen LogP contribution in [0.4, 0.5) is 5.82 Å². The predicted octanol–water partition coefficient (Wildman–Crippen LogP) is 0.744. The van der Waals surface area contributed by atoms with E-state index in [0.29, 0.717) is 23.4 Å². The molecule has 0 amide bonds. The molecule has 1 aromatic carbocycles. The molecule has 3 aromatic rings. The monoisotopic (exact) mass is 346 g/mol. The van der Waals surface area contributed by atoms with Gasteiger partial charge in [-0.3, -0.25) is 13.9 Å². The highest BCUT2D eigenvalue weighted by atomic mass is 31.2. The molecule has 24 heavy (non-hydrogen) atoms. The van der Waals surface area contributed by atoms with Gasteiger partial charge < -0.3 is 15.1 Å². The normalized spacial score (nSPS) is 11.6. The van der Waals surface area contributed by atoms with Gasteiger partial charge in [-0.1, -0.05) is 12.1 Å². The first-order valence-corrected chi connectivity index (χ1v) is 8.67.